The minimum absolute atomic E-state index is 1.06. The number of hydrogen-bond acceptors (Lipinski definition) is 0. The van der Waals surface area contributed by atoms with Crippen LogP contribution in [0.5, 0.6) is 0 Å². The molecule has 0 unspecified atom stereocenters. The SMILES string of the molecule is C1=CCC(C2=CCC=C2Cc2ccccc2)=C1. The molecule has 0 N–H and O–H groups in total. The van der Waals surface area contributed by atoms with Gasteiger partial charge in [0, 0.05) is 0 Å². The summed E-state index contributed by atoms with van der Waals surface area (Å²) in [6, 6.07) is 10.7. The van der Waals surface area contributed by atoms with Gasteiger partial charge in [0.1, 0.15) is 0 Å². The van der Waals surface area contributed by atoms with E-state index in [1.54, 1.807) is 0 Å². The summed E-state index contributed by atoms with van der Waals surface area (Å²) in [6.07, 6.45) is 14.6. The Labute approximate surface area is 103 Å². The molecule has 0 aliphatic heterocycles. The summed E-state index contributed by atoms with van der Waals surface area (Å²) >= 11 is 0. The topological polar surface area (TPSA) is 0 Å². The first-order valence-corrected chi connectivity index (χ1v) is 6.23. The van der Waals surface area contributed by atoms with Crippen molar-refractivity contribution in [2.75, 3.05) is 0 Å². The van der Waals surface area contributed by atoms with Gasteiger partial charge in [-0.3, -0.25) is 0 Å². The van der Waals surface area contributed by atoms with Gasteiger partial charge in [-0.05, 0) is 41.5 Å². The molecule has 0 heterocycles. The number of hydrogen-bond donors (Lipinski definition) is 0. The van der Waals surface area contributed by atoms with Gasteiger partial charge in [0.05, 0.1) is 0 Å². The Balaban J connectivity index is 1.78. The molecule has 17 heavy (non-hydrogen) atoms. The molecular weight excluding hydrogens is 204 g/mol. The maximum absolute atomic E-state index is 2.36. The van der Waals surface area contributed by atoms with Gasteiger partial charge in [-0.1, -0.05) is 60.7 Å². The molecule has 0 heteroatoms. The van der Waals surface area contributed by atoms with Crippen LogP contribution in [0.25, 0.3) is 0 Å². The van der Waals surface area contributed by atoms with Gasteiger partial charge >= 0.3 is 0 Å². The fourth-order valence-corrected chi connectivity index (χ4v) is 2.53. The van der Waals surface area contributed by atoms with E-state index in [1.807, 2.05) is 0 Å². The summed E-state index contributed by atoms with van der Waals surface area (Å²) in [5.74, 6) is 0. The van der Waals surface area contributed by atoms with Crippen molar-refractivity contribution in [3.8, 4) is 0 Å². The number of benzene rings is 1. The van der Waals surface area contributed by atoms with Crippen LogP contribution in [0.3, 0.4) is 0 Å². The summed E-state index contributed by atoms with van der Waals surface area (Å²) in [5.41, 5.74) is 5.84. The van der Waals surface area contributed by atoms with Gasteiger partial charge in [0.2, 0.25) is 0 Å². The van der Waals surface area contributed by atoms with Crippen molar-refractivity contribution in [3.63, 3.8) is 0 Å². The second-order valence-electron chi connectivity index (χ2n) is 4.57. The van der Waals surface area contributed by atoms with E-state index in [0.717, 1.165) is 19.3 Å². The highest BCUT2D eigenvalue weighted by atomic mass is 14.2. The standard InChI is InChI=1S/C17H16/c1-2-7-14(8-3-1)13-16-11-6-12-17(16)15-9-4-5-10-15/h1-5,7-9,11-12H,6,10,13H2. The van der Waals surface area contributed by atoms with Gasteiger partial charge in [0.25, 0.3) is 0 Å². The lowest BCUT2D eigenvalue weighted by atomic mass is 9.95. The third kappa shape index (κ3) is 2.16. The summed E-state index contributed by atoms with van der Waals surface area (Å²) in [4.78, 5) is 0. The van der Waals surface area contributed by atoms with Crippen LogP contribution in [-0.2, 0) is 6.42 Å². The van der Waals surface area contributed by atoms with Gasteiger partial charge in [-0.2, -0.15) is 0 Å². The summed E-state index contributed by atoms with van der Waals surface area (Å²) < 4.78 is 0. The van der Waals surface area contributed by atoms with E-state index < -0.39 is 0 Å². The Bertz CT molecular complexity index is 524. The van der Waals surface area contributed by atoms with Crippen molar-refractivity contribution in [3.05, 3.63) is 83.0 Å². The molecule has 0 spiro atoms. The molecule has 0 saturated heterocycles. The molecule has 0 aromatic heterocycles. The van der Waals surface area contributed by atoms with Gasteiger partial charge in [-0.25, -0.2) is 0 Å². The minimum atomic E-state index is 1.06. The van der Waals surface area contributed by atoms with Crippen LogP contribution in [0.1, 0.15) is 18.4 Å². The minimum Gasteiger partial charge on any atom is -0.0801 e. The first kappa shape index (κ1) is 10.3. The Morgan fingerprint density at radius 1 is 1.00 bits per heavy atom. The molecule has 1 aromatic carbocycles. The molecule has 1 aromatic rings. The van der Waals surface area contributed by atoms with Crippen molar-refractivity contribution in [1.29, 1.82) is 0 Å². The fraction of sp³-hybridized carbons (Fsp3) is 0.176. The van der Waals surface area contributed by atoms with E-state index in [-0.39, 0.29) is 0 Å². The Hall–Kier alpha value is -1.82. The van der Waals surface area contributed by atoms with Crippen LogP contribution in [0.15, 0.2) is 77.4 Å². The molecule has 0 nitrogen and oxygen atoms in total. The van der Waals surface area contributed by atoms with Gasteiger partial charge in [-0.15, -0.1) is 0 Å². The average molecular weight is 220 g/mol. The van der Waals surface area contributed by atoms with E-state index in [0.29, 0.717) is 0 Å². The third-order valence-electron chi connectivity index (χ3n) is 3.39. The van der Waals surface area contributed by atoms with E-state index in [4.69, 9.17) is 0 Å². The zero-order chi connectivity index (χ0) is 11.5. The molecular formula is C17H16. The highest BCUT2D eigenvalue weighted by Gasteiger charge is 2.14. The molecule has 0 bridgehead atoms. The lowest BCUT2D eigenvalue weighted by molar-refractivity contribution is 1.14. The third-order valence-corrected chi connectivity index (χ3v) is 3.39. The summed E-state index contributed by atoms with van der Waals surface area (Å²) in [6.45, 7) is 0. The van der Waals surface area contributed by atoms with E-state index in [2.05, 4.69) is 60.7 Å². The quantitative estimate of drug-likeness (QED) is 0.709. The van der Waals surface area contributed by atoms with Crippen LogP contribution >= 0.6 is 0 Å². The second-order valence-corrected chi connectivity index (χ2v) is 4.57. The van der Waals surface area contributed by atoms with E-state index >= 15 is 0 Å². The van der Waals surface area contributed by atoms with Crippen molar-refractivity contribution >= 4 is 0 Å². The first-order chi connectivity index (χ1) is 8.43. The summed E-state index contributed by atoms with van der Waals surface area (Å²) in [5, 5.41) is 0. The monoisotopic (exact) mass is 220 g/mol. The Morgan fingerprint density at radius 3 is 2.65 bits per heavy atom. The van der Waals surface area contributed by atoms with Gasteiger partial charge < -0.3 is 0 Å². The first-order valence-electron chi connectivity index (χ1n) is 6.23. The number of rotatable bonds is 3. The van der Waals surface area contributed by atoms with Crippen molar-refractivity contribution < 1.29 is 0 Å². The second kappa shape index (κ2) is 4.58. The maximum atomic E-state index is 2.36. The van der Waals surface area contributed by atoms with Crippen molar-refractivity contribution in [1.82, 2.24) is 0 Å². The number of allylic oxidation sites excluding steroid dienone is 8. The molecule has 0 fully saturated rings. The molecule has 0 amide bonds. The van der Waals surface area contributed by atoms with E-state index in [1.165, 1.54) is 22.3 Å². The molecule has 2 aliphatic rings. The van der Waals surface area contributed by atoms with E-state index in [9.17, 15) is 0 Å². The van der Waals surface area contributed by atoms with Crippen LogP contribution in [-0.4, -0.2) is 0 Å². The highest BCUT2D eigenvalue weighted by Crippen LogP contribution is 2.32. The van der Waals surface area contributed by atoms with Crippen LogP contribution in [0, 0.1) is 0 Å². The van der Waals surface area contributed by atoms with Crippen molar-refractivity contribution in [2.45, 2.75) is 19.3 Å². The molecule has 3 rings (SSSR count). The fourth-order valence-electron chi connectivity index (χ4n) is 2.53. The zero-order valence-corrected chi connectivity index (χ0v) is 9.89. The van der Waals surface area contributed by atoms with Crippen LogP contribution < -0.4 is 0 Å². The van der Waals surface area contributed by atoms with Crippen LogP contribution in [0.2, 0.25) is 0 Å². The average Bonchev–Trinajstić information content (AvgIpc) is 3.00. The predicted octanol–water partition coefficient (Wildman–Crippen LogP) is 4.37. The largest absolute Gasteiger partial charge is 0.0801 e. The molecule has 0 radical (unpaired) electrons. The molecule has 84 valence electrons. The molecule has 0 atom stereocenters. The Kier molecular flexibility index (Phi) is 2.79. The van der Waals surface area contributed by atoms with Crippen molar-refractivity contribution in [2.24, 2.45) is 0 Å². The normalized spacial score (nSPS) is 18.0. The predicted molar refractivity (Wildman–Crippen MR) is 72.8 cm³/mol. The highest BCUT2D eigenvalue weighted by molar-refractivity contribution is 5.55. The maximum Gasteiger partial charge on any atom is -0.00229 e. The lowest BCUT2D eigenvalue weighted by Gasteiger charge is -2.10. The lowest BCUT2D eigenvalue weighted by Crippen LogP contribution is -1.94. The zero-order valence-electron chi connectivity index (χ0n) is 9.89. The smallest absolute Gasteiger partial charge is 0.00229 e. The van der Waals surface area contributed by atoms with Gasteiger partial charge in [0.15, 0.2) is 0 Å². The van der Waals surface area contributed by atoms with Crippen LogP contribution in [0.4, 0.5) is 0 Å². The Morgan fingerprint density at radius 2 is 1.88 bits per heavy atom. The molecule has 0 saturated carbocycles. The molecule has 2 aliphatic carbocycles. The summed E-state index contributed by atoms with van der Waals surface area (Å²) in [7, 11) is 0.